The first kappa shape index (κ1) is 14.4. The molecule has 2 atom stereocenters. The van der Waals surface area contributed by atoms with Crippen molar-refractivity contribution in [3.63, 3.8) is 0 Å². The minimum Gasteiger partial charge on any atom is -0.337 e. The van der Waals surface area contributed by atoms with E-state index in [1.807, 2.05) is 0 Å². The number of hydrogen-bond donors (Lipinski definition) is 2. The fraction of sp³-hybridized carbons (Fsp3) is 0.750. The normalized spacial score (nSPS) is 14.1. The van der Waals surface area contributed by atoms with Crippen LogP contribution in [0.1, 0.15) is 13.3 Å². The molecule has 5 nitrogen and oxygen atoms in total. The van der Waals surface area contributed by atoms with Crippen molar-refractivity contribution in [3.8, 4) is 0 Å². The second-order valence-electron chi connectivity index (χ2n) is 3.01. The van der Waals surface area contributed by atoms with E-state index >= 15 is 0 Å². The lowest BCUT2D eigenvalue weighted by molar-refractivity contribution is -0.119. The molecule has 0 radical (unpaired) electrons. The first-order chi connectivity index (χ1) is 6.97. The summed E-state index contributed by atoms with van der Waals surface area (Å²) in [6, 6.07) is -0.581. The molecule has 7 heteroatoms. The number of alkyl halides is 1. The Morgan fingerprint density at radius 1 is 1.47 bits per heavy atom. The summed E-state index contributed by atoms with van der Waals surface area (Å²) in [6.45, 7) is 2.01. The van der Waals surface area contributed by atoms with Gasteiger partial charge < -0.3 is 5.32 Å². The Bertz CT molecular complexity index is 260. The topological polar surface area (TPSA) is 75.3 Å². The summed E-state index contributed by atoms with van der Waals surface area (Å²) in [5.74, 6) is -0.248. The third kappa shape index (κ3) is 7.33. The lowest BCUT2D eigenvalue weighted by Crippen LogP contribution is -2.42. The van der Waals surface area contributed by atoms with Gasteiger partial charge in [0, 0.05) is 41.2 Å². The molecule has 0 rings (SSSR count). The maximum Gasteiger partial charge on any atom is 0.321 e. The highest BCUT2D eigenvalue weighted by Gasteiger charge is 2.10. The monoisotopic (exact) mass is 254 g/mol. The van der Waals surface area contributed by atoms with E-state index in [9.17, 15) is 13.8 Å². The third-order valence-electron chi connectivity index (χ3n) is 1.69. The molecule has 2 N–H and O–H groups in total. The van der Waals surface area contributed by atoms with Gasteiger partial charge in [0.1, 0.15) is 0 Å². The molecule has 0 aromatic rings. The quantitative estimate of drug-likeness (QED) is 0.689. The molecule has 2 unspecified atom stereocenters. The molecule has 0 fully saturated rings. The average Bonchev–Trinajstić information content (AvgIpc) is 2.14. The second kappa shape index (κ2) is 7.64. The Kier molecular flexibility index (Phi) is 7.33. The van der Waals surface area contributed by atoms with Crippen LogP contribution < -0.4 is 10.6 Å². The van der Waals surface area contributed by atoms with Crippen LogP contribution in [0.2, 0.25) is 0 Å². The zero-order valence-corrected chi connectivity index (χ0v) is 10.3. The van der Waals surface area contributed by atoms with Gasteiger partial charge in [-0.1, -0.05) is 0 Å². The predicted octanol–water partition coefficient (Wildman–Crippen LogP) is 0.208. The smallest absolute Gasteiger partial charge is 0.321 e. The van der Waals surface area contributed by atoms with E-state index in [-0.39, 0.29) is 24.1 Å². The van der Waals surface area contributed by atoms with E-state index < -0.39 is 22.7 Å². The van der Waals surface area contributed by atoms with Crippen molar-refractivity contribution in [1.29, 1.82) is 0 Å². The van der Waals surface area contributed by atoms with Gasteiger partial charge in [-0.2, -0.15) is 0 Å². The lowest BCUT2D eigenvalue weighted by atomic mass is 10.4. The summed E-state index contributed by atoms with van der Waals surface area (Å²) in [6.07, 6.45) is 1.66. The largest absolute Gasteiger partial charge is 0.337 e. The van der Waals surface area contributed by atoms with Gasteiger partial charge in [-0.3, -0.25) is 14.3 Å². The van der Waals surface area contributed by atoms with E-state index in [4.69, 9.17) is 11.6 Å². The van der Waals surface area contributed by atoms with E-state index in [0.717, 1.165) is 0 Å². The lowest BCUT2D eigenvalue weighted by Gasteiger charge is -2.09. The van der Waals surface area contributed by atoms with Gasteiger partial charge in [0.2, 0.25) is 5.91 Å². The van der Waals surface area contributed by atoms with Crippen LogP contribution in [0.4, 0.5) is 4.79 Å². The van der Waals surface area contributed by atoms with Crippen LogP contribution in [0.15, 0.2) is 0 Å². The Morgan fingerprint density at radius 3 is 2.53 bits per heavy atom. The number of nitrogens with one attached hydrogen (secondary N) is 2. The van der Waals surface area contributed by atoms with E-state index in [0.29, 0.717) is 0 Å². The molecule has 0 heterocycles. The van der Waals surface area contributed by atoms with Crippen LogP contribution in [0.3, 0.4) is 0 Å². The van der Waals surface area contributed by atoms with Crippen LogP contribution in [-0.2, 0) is 15.6 Å². The first-order valence-electron chi connectivity index (χ1n) is 4.43. The predicted molar refractivity (Wildman–Crippen MR) is 60.4 cm³/mol. The molecule has 0 aliphatic rings. The highest BCUT2D eigenvalue weighted by Crippen LogP contribution is 1.89. The first-order valence-corrected chi connectivity index (χ1v) is 6.58. The van der Waals surface area contributed by atoms with E-state index in [1.165, 1.54) is 0 Å². The van der Waals surface area contributed by atoms with E-state index in [2.05, 4.69) is 10.6 Å². The second-order valence-corrected chi connectivity index (χ2v) is 5.19. The fourth-order valence-corrected chi connectivity index (χ4v) is 1.16. The summed E-state index contributed by atoms with van der Waals surface area (Å²) in [4.78, 5) is 22.0. The van der Waals surface area contributed by atoms with Crippen LogP contribution in [-0.4, -0.2) is 40.1 Å². The minimum absolute atomic E-state index is 0.101. The van der Waals surface area contributed by atoms with Gasteiger partial charge in [-0.15, -0.1) is 11.6 Å². The summed E-state index contributed by atoms with van der Waals surface area (Å²) in [7, 11) is -0.991. The van der Waals surface area contributed by atoms with Gasteiger partial charge in [0.05, 0.1) is 0 Å². The highest BCUT2D eigenvalue weighted by atomic mass is 35.5. The number of amides is 3. The van der Waals surface area contributed by atoms with Gasteiger partial charge in [0.25, 0.3) is 0 Å². The van der Waals surface area contributed by atoms with Crippen molar-refractivity contribution in [2.24, 2.45) is 0 Å². The number of urea groups is 1. The van der Waals surface area contributed by atoms with Crippen molar-refractivity contribution in [2.75, 3.05) is 18.7 Å². The molecule has 0 spiro atoms. The number of imide groups is 1. The molecule has 0 saturated heterocycles. The van der Waals surface area contributed by atoms with Crippen molar-refractivity contribution in [1.82, 2.24) is 10.6 Å². The van der Waals surface area contributed by atoms with Gasteiger partial charge in [0.15, 0.2) is 0 Å². The van der Waals surface area contributed by atoms with E-state index in [1.54, 1.807) is 13.2 Å². The highest BCUT2D eigenvalue weighted by molar-refractivity contribution is 7.84. The number of rotatable bonds is 5. The molecule has 0 aliphatic carbocycles. The van der Waals surface area contributed by atoms with Gasteiger partial charge >= 0.3 is 6.03 Å². The molecular formula is C8H15ClN2O3S. The summed E-state index contributed by atoms with van der Waals surface area (Å²) >= 11 is 5.32. The molecule has 0 aromatic carbocycles. The van der Waals surface area contributed by atoms with Crippen LogP contribution in [0, 0.1) is 0 Å². The van der Waals surface area contributed by atoms with Crippen LogP contribution >= 0.6 is 11.6 Å². The zero-order valence-electron chi connectivity index (χ0n) is 8.71. The summed E-state index contributed by atoms with van der Waals surface area (Å²) in [5.41, 5.74) is 0. The van der Waals surface area contributed by atoms with Gasteiger partial charge in [-0.25, -0.2) is 4.79 Å². The van der Waals surface area contributed by atoms with Crippen LogP contribution in [0.5, 0.6) is 0 Å². The van der Waals surface area contributed by atoms with Crippen molar-refractivity contribution >= 4 is 34.3 Å². The molecular weight excluding hydrogens is 240 g/mol. The zero-order chi connectivity index (χ0) is 11.8. The Labute approximate surface area is 96.4 Å². The SMILES string of the molecule is CC(CNC(=O)NC(=O)CCCl)S(C)=O. The Morgan fingerprint density at radius 2 is 2.07 bits per heavy atom. The van der Waals surface area contributed by atoms with Crippen molar-refractivity contribution in [3.05, 3.63) is 0 Å². The Balaban J connectivity index is 3.75. The standard InChI is InChI=1S/C8H15ClN2O3S/c1-6(15(2)14)5-10-8(13)11-7(12)3-4-9/h6H,3-5H2,1-2H3,(H2,10,11,12,13). The minimum atomic E-state index is -0.991. The maximum absolute atomic E-state index is 11.1. The van der Waals surface area contributed by atoms with Crippen LogP contribution in [0.25, 0.3) is 0 Å². The molecule has 0 aromatic heterocycles. The third-order valence-corrected chi connectivity index (χ3v) is 3.18. The summed E-state index contributed by atoms with van der Waals surface area (Å²) in [5, 5.41) is 4.41. The maximum atomic E-state index is 11.1. The van der Waals surface area contributed by atoms with Gasteiger partial charge in [-0.05, 0) is 6.92 Å². The molecule has 0 bridgehead atoms. The number of carbonyl (C=O) groups is 2. The number of carbonyl (C=O) groups excluding carboxylic acids is 2. The summed E-state index contributed by atoms with van der Waals surface area (Å²) < 4.78 is 10.9. The molecule has 0 saturated carbocycles. The molecule has 15 heavy (non-hydrogen) atoms. The number of halogens is 1. The number of hydrogen-bond acceptors (Lipinski definition) is 3. The molecule has 0 aliphatic heterocycles. The fourth-order valence-electron chi connectivity index (χ4n) is 0.673. The van der Waals surface area contributed by atoms with Crippen molar-refractivity contribution < 1.29 is 13.8 Å². The Hall–Kier alpha value is -0.620. The average molecular weight is 255 g/mol. The van der Waals surface area contributed by atoms with Crippen molar-refractivity contribution in [2.45, 2.75) is 18.6 Å². The molecule has 3 amide bonds. The molecule has 88 valence electrons.